The fourth-order valence-corrected chi connectivity index (χ4v) is 4.71. The van der Waals surface area contributed by atoms with Crippen molar-refractivity contribution in [2.24, 2.45) is 0 Å². The Hall–Kier alpha value is -3.98. The lowest BCUT2D eigenvalue weighted by Gasteiger charge is -2.18. The fourth-order valence-electron chi connectivity index (χ4n) is 4.71. The van der Waals surface area contributed by atoms with E-state index in [9.17, 15) is 0 Å². The third kappa shape index (κ3) is 3.36. The van der Waals surface area contributed by atoms with E-state index in [1.54, 1.807) is 6.26 Å². The van der Waals surface area contributed by atoms with Crippen LogP contribution in [0.5, 0.6) is 0 Å². The van der Waals surface area contributed by atoms with Gasteiger partial charge in [-0.25, -0.2) is 4.98 Å². The molecule has 0 unspecified atom stereocenters. The van der Waals surface area contributed by atoms with Crippen LogP contribution in [0.2, 0.25) is 0 Å². The van der Waals surface area contributed by atoms with Crippen molar-refractivity contribution in [3.8, 4) is 22.4 Å². The molecule has 0 N–H and O–H groups in total. The average molecular weight is 443 g/mol. The zero-order valence-electron chi connectivity index (χ0n) is 19.9. The van der Waals surface area contributed by atoms with Crippen molar-refractivity contribution in [2.75, 3.05) is 0 Å². The van der Waals surface area contributed by atoms with Gasteiger partial charge in [0.05, 0.1) is 12.0 Å². The second kappa shape index (κ2) is 7.53. The third-order valence-electron chi connectivity index (χ3n) is 6.55. The van der Waals surface area contributed by atoms with Crippen LogP contribution >= 0.6 is 0 Å². The molecule has 3 nitrogen and oxygen atoms in total. The zero-order chi connectivity index (χ0) is 23.4. The molecule has 0 amide bonds. The predicted molar refractivity (Wildman–Crippen MR) is 141 cm³/mol. The molecule has 6 rings (SSSR count). The number of pyridine rings is 2. The molecule has 0 fully saturated rings. The monoisotopic (exact) mass is 442 g/mol. The second-order valence-corrected chi connectivity index (χ2v) is 10.1. The molecular weight excluding hydrogens is 416 g/mol. The van der Waals surface area contributed by atoms with Crippen molar-refractivity contribution >= 4 is 32.6 Å². The molecule has 0 radical (unpaired) electrons. The maximum Gasteiger partial charge on any atom is 0.160 e. The Morgan fingerprint density at radius 1 is 0.765 bits per heavy atom. The van der Waals surface area contributed by atoms with E-state index < -0.39 is 0 Å². The van der Waals surface area contributed by atoms with E-state index in [4.69, 9.17) is 14.4 Å². The summed E-state index contributed by atoms with van der Waals surface area (Å²) in [6.07, 6.45) is 3.71. The summed E-state index contributed by atoms with van der Waals surface area (Å²) in [5.74, 6) is 0. The van der Waals surface area contributed by atoms with Crippen LogP contribution in [0.4, 0.5) is 0 Å². The molecule has 0 aliphatic rings. The Morgan fingerprint density at radius 2 is 1.62 bits per heavy atom. The summed E-state index contributed by atoms with van der Waals surface area (Å²) in [5, 5.41) is 4.58. The molecule has 0 saturated carbocycles. The second-order valence-electron chi connectivity index (χ2n) is 10.1. The first-order valence-corrected chi connectivity index (χ1v) is 11.7. The van der Waals surface area contributed by atoms with Crippen molar-refractivity contribution in [1.82, 2.24) is 9.97 Å². The lowest BCUT2D eigenvalue weighted by atomic mass is 9.90. The number of aryl methyl sites for hydroxylation is 1. The number of benzene rings is 3. The number of nitrogens with zero attached hydrogens (tertiary/aromatic N) is 2. The van der Waals surface area contributed by atoms with Crippen molar-refractivity contribution in [2.45, 2.75) is 33.1 Å². The SMILES string of the molecule is Cc1ccc2c(-c3ccc(-c4cc5ccoc5c5nc(C(C)(C)C)ccc45)nc3)cccc2c1. The Kier molecular flexibility index (Phi) is 4.56. The van der Waals surface area contributed by atoms with Crippen LogP contribution < -0.4 is 0 Å². The lowest BCUT2D eigenvalue weighted by molar-refractivity contribution is 0.570. The van der Waals surface area contributed by atoms with Crippen LogP contribution in [0.1, 0.15) is 32.0 Å². The minimum absolute atomic E-state index is 0.0417. The molecule has 3 heteroatoms. The van der Waals surface area contributed by atoms with Gasteiger partial charge in [0.15, 0.2) is 5.58 Å². The van der Waals surface area contributed by atoms with Gasteiger partial charge >= 0.3 is 0 Å². The van der Waals surface area contributed by atoms with Gasteiger partial charge in [0.2, 0.25) is 0 Å². The van der Waals surface area contributed by atoms with Gasteiger partial charge in [-0.1, -0.05) is 74.9 Å². The summed E-state index contributed by atoms with van der Waals surface area (Å²) in [7, 11) is 0. The summed E-state index contributed by atoms with van der Waals surface area (Å²) < 4.78 is 5.83. The standard InChI is InChI=1S/C31H26N2O/c1-19-8-10-24-20(16-19)6-5-7-23(24)22-9-12-27(32-18-22)26-17-21-14-15-34-30(21)29-25(26)11-13-28(33-29)31(2,3)4/h5-18H,1-4H3. The van der Waals surface area contributed by atoms with E-state index in [0.717, 1.165) is 44.4 Å². The molecule has 0 saturated heterocycles. The maximum atomic E-state index is 5.83. The molecule has 6 aromatic rings. The highest BCUT2D eigenvalue weighted by Crippen LogP contribution is 2.36. The lowest BCUT2D eigenvalue weighted by Crippen LogP contribution is -2.13. The number of aromatic nitrogens is 2. The smallest absolute Gasteiger partial charge is 0.160 e. The summed E-state index contributed by atoms with van der Waals surface area (Å²) in [4.78, 5) is 9.92. The van der Waals surface area contributed by atoms with E-state index in [-0.39, 0.29) is 5.41 Å². The van der Waals surface area contributed by atoms with E-state index in [2.05, 4.69) is 94.4 Å². The minimum Gasteiger partial charge on any atom is -0.462 e. The first kappa shape index (κ1) is 20.6. The van der Waals surface area contributed by atoms with Crippen LogP contribution in [0, 0.1) is 6.92 Å². The highest BCUT2D eigenvalue weighted by molar-refractivity contribution is 6.09. The van der Waals surface area contributed by atoms with Gasteiger partial charge < -0.3 is 4.42 Å². The summed E-state index contributed by atoms with van der Waals surface area (Å²) in [6, 6.07) is 25.7. The first-order chi connectivity index (χ1) is 16.4. The quantitative estimate of drug-likeness (QED) is 0.270. The number of hydrogen-bond donors (Lipinski definition) is 0. The highest BCUT2D eigenvalue weighted by Gasteiger charge is 2.19. The van der Waals surface area contributed by atoms with Crippen LogP contribution in [0.3, 0.4) is 0 Å². The van der Waals surface area contributed by atoms with Gasteiger partial charge in [-0.2, -0.15) is 0 Å². The molecule has 0 aliphatic carbocycles. The highest BCUT2D eigenvalue weighted by atomic mass is 16.3. The Bertz CT molecular complexity index is 1690. The number of hydrogen-bond acceptors (Lipinski definition) is 3. The van der Waals surface area contributed by atoms with Crippen molar-refractivity contribution in [3.05, 3.63) is 96.5 Å². The molecule has 166 valence electrons. The van der Waals surface area contributed by atoms with Gasteiger partial charge in [0, 0.05) is 39.2 Å². The van der Waals surface area contributed by atoms with Crippen LogP contribution in [-0.4, -0.2) is 9.97 Å². The predicted octanol–water partition coefficient (Wildman–Crippen LogP) is 8.47. The summed E-state index contributed by atoms with van der Waals surface area (Å²) in [5.41, 5.74) is 8.29. The van der Waals surface area contributed by atoms with Crippen LogP contribution in [0.15, 0.2) is 89.7 Å². The minimum atomic E-state index is -0.0417. The van der Waals surface area contributed by atoms with Crippen molar-refractivity contribution in [3.63, 3.8) is 0 Å². The van der Waals surface area contributed by atoms with Gasteiger partial charge in [0.25, 0.3) is 0 Å². The summed E-state index contributed by atoms with van der Waals surface area (Å²) in [6.45, 7) is 8.67. The normalized spacial score (nSPS) is 12.1. The van der Waals surface area contributed by atoms with Gasteiger partial charge in [-0.05, 0) is 47.5 Å². The van der Waals surface area contributed by atoms with E-state index in [1.165, 1.54) is 21.9 Å². The van der Waals surface area contributed by atoms with Crippen molar-refractivity contribution < 1.29 is 4.42 Å². The summed E-state index contributed by atoms with van der Waals surface area (Å²) >= 11 is 0. The molecule has 0 aliphatic heterocycles. The third-order valence-corrected chi connectivity index (χ3v) is 6.55. The van der Waals surface area contributed by atoms with E-state index >= 15 is 0 Å². The largest absolute Gasteiger partial charge is 0.462 e. The molecule has 3 aromatic heterocycles. The van der Waals surface area contributed by atoms with Gasteiger partial charge in [0.1, 0.15) is 5.52 Å². The zero-order valence-corrected chi connectivity index (χ0v) is 19.9. The first-order valence-electron chi connectivity index (χ1n) is 11.7. The fraction of sp³-hybridized carbons (Fsp3) is 0.161. The number of fused-ring (bicyclic) bond motifs is 4. The molecule has 34 heavy (non-hydrogen) atoms. The molecule has 0 bridgehead atoms. The van der Waals surface area contributed by atoms with Crippen LogP contribution in [-0.2, 0) is 5.41 Å². The molecule has 0 atom stereocenters. The van der Waals surface area contributed by atoms with E-state index in [1.807, 2.05) is 12.3 Å². The Balaban J connectivity index is 1.50. The van der Waals surface area contributed by atoms with Crippen LogP contribution in [0.25, 0.3) is 55.0 Å². The van der Waals surface area contributed by atoms with Crippen molar-refractivity contribution in [1.29, 1.82) is 0 Å². The maximum absolute atomic E-state index is 5.83. The number of rotatable bonds is 2. The molecular formula is C31H26N2O. The average Bonchev–Trinajstić information content (AvgIpc) is 3.31. The topological polar surface area (TPSA) is 38.9 Å². The van der Waals surface area contributed by atoms with Gasteiger partial charge in [-0.3, -0.25) is 4.98 Å². The number of furan rings is 1. The Morgan fingerprint density at radius 3 is 2.41 bits per heavy atom. The van der Waals surface area contributed by atoms with Gasteiger partial charge in [-0.15, -0.1) is 0 Å². The molecule has 0 spiro atoms. The van der Waals surface area contributed by atoms with E-state index in [0.29, 0.717) is 0 Å². The Labute approximate surface area is 199 Å². The molecule has 3 aromatic carbocycles. The molecule has 3 heterocycles.